The predicted molar refractivity (Wildman–Crippen MR) is 71.1 cm³/mol. The van der Waals surface area contributed by atoms with Crippen molar-refractivity contribution < 1.29 is 4.79 Å². The fourth-order valence-electron chi connectivity index (χ4n) is 1.96. The van der Waals surface area contributed by atoms with Crippen LogP contribution in [-0.2, 0) is 4.79 Å². The number of hydrogen-bond acceptors (Lipinski definition) is 4. The number of anilines is 1. The van der Waals surface area contributed by atoms with Crippen molar-refractivity contribution in [3.63, 3.8) is 0 Å². The van der Waals surface area contributed by atoms with Gasteiger partial charge < -0.3 is 9.80 Å². The van der Waals surface area contributed by atoms with Crippen molar-refractivity contribution in [2.45, 2.75) is 6.92 Å². The molecule has 0 unspecified atom stereocenters. The Kier molecular flexibility index (Phi) is 3.82. The molecule has 1 fully saturated rings. The SMILES string of the molecule is CC(=O)N1CCN(c2ncc(C#N)cc2Br)CC1. The van der Waals surface area contributed by atoms with Gasteiger partial charge in [0.15, 0.2) is 0 Å². The van der Waals surface area contributed by atoms with Gasteiger partial charge in [-0.25, -0.2) is 4.98 Å². The molecule has 0 saturated carbocycles. The van der Waals surface area contributed by atoms with Crippen LogP contribution in [0.1, 0.15) is 12.5 Å². The molecule has 5 nitrogen and oxygen atoms in total. The summed E-state index contributed by atoms with van der Waals surface area (Å²) in [7, 11) is 0. The summed E-state index contributed by atoms with van der Waals surface area (Å²) in [6.07, 6.45) is 1.57. The van der Waals surface area contributed by atoms with Crippen LogP contribution >= 0.6 is 15.9 Å². The molecule has 1 aromatic heterocycles. The van der Waals surface area contributed by atoms with E-state index in [4.69, 9.17) is 5.26 Å². The number of hydrogen-bond donors (Lipinski definition) is 0. The van der Waals surface area contributed by atoms with Crippen LogP contribution in [0, 0.1) is 11.3 Å². The van der Waals surface area contributed by atoms with Gasteiger partial charge in [0.05, 0.1) is 10.0 Å². The first-order valence-electron chi connectivity index (χ1n) is 5.68. The van der Waals surface area contributed by atoms with E-state index in [2.05, 4.69) is 31.9 Å². The molecular formula is C12H13BrN4O. The minimum atomic E-state index is 0.113. The second kappa shape index (κ2) is 5.36. The van der Waals surface area contributed by atoms with Crippen LogP contribution in [0.25, 0.3) is 0 Å². The average Bonchev–Trinajstić information content (AvgIpc) is 2.38. The van der Waals surface area contributed by atoms with Crippen molar-refractivity contribution in [3.05, 3.63) is 22.3 Å². The Labute approximate surface area is 114 Å². The Morgan fingerprint density at radius 2 is 2.11 bits per heavy atom. The van der Waals surface area contributed by atoms with Crippen molar-refractivity contribution in [3.8, 4) is 6.07 Å². The molecule has 1 aliphatic rings. The summed E-state index contributed by atoms with van der Waals surface area (Å²) in [4.78, 5) is 19.5. The van der Waals surface area contributed by atoms with Gasteiger partial charge in [0.2, 0.25) is 5.91 Å². The summed E-state index contributed by atoms with van der Waals surface area (Å²) < 4.78 is 0.817. The molecule has 0 bridgehead atoms. The van der Waals surface area contributed by atoms with Gasteiger partial charge in [-0.1, -0.05) is 0 Å². The van der Waals surface area contributed by atoms with Crippen molar-refractivity contribution in [2.24, 2.45) is 0 Å². The maximum absolute atomic E-state index is 11.2. The number of rotatable bonds is 1. The van der Waals surface area contributed by atoms with Crippen molar-refractivity contribution in [2.75, 3.05) is 31.1 Å². The lowest BCUT2D eigenvalue weighted by molar-refractivity contribution is -0.129. The van der Waals surface area contributed by atoms with Crippen LogP contribution in [0.4, 0.5) is 5.82 Å². The van der Waals surface area contributed by atoms with E-state index in [0.717, 1.165) is 23.4 Å². The Balaban J connectivity index is 2.10. The maximum Gasteiger partial charge on any atom is 0.219 e. The molecule has 0 aliphatic carbocycles. The Hall–Kier alpha value is -1.61. The molecule has 0 aromatic carbocycles. The zero-order valence-electron chi connectivity index (χ0n) is 10.1. The summed E-state index contributed by atoms with van der Waals surface area (Å²) in [6.45, 7) is 4.53. The number of halogens is 1. The van der Waals surface area contributed by atoms with E-state index in [1.807, 2.05) is 4.90 Å². The summed E-state index contributed by atoms with van der Waals surface area (Å²) in [5.74, 6) is 0.943. The van der Waals surface area contributed by atoms with Crippen LogP contribution in [0.5, 0.6) is 0 Å². The molecule has 18 heavy (non-hydrogen) atoms. The number of nitrogens with zero attached hydrogens (tertiary/aromatic N) is 4. The predicted octanol–water partition coefficient (Wildman–Crippen LogP) is 1.38. The van der Waals surface area contributed by atoms with E-state index in [0.29, 0.717) is 18.7 Å². The number of amides is 1. The molecule has 1 aliphatic heterocycles. The van der Waals surface area contributed by atoms with Gasteiger partial charge in [-0.05, 0) is 22.0 Å². The third-order valence-corrected chi connectivity index (χ3v) is 3.56. The zero-order valence-corrected chi connectivity index (χ0v) is 11.6. The largest absolute Gasteiger partial charge is 0.352 e. The summed E-state index contributed by atoms with van der Waals surface area (Å²) in [5, 5.41) is 8.79. The Morgan fingerprint density at radius 1 is 1.44 bits per heavy atom. The van der Waals surface area contributed by atoms with E-state index in [-0.39, 0.29) is 5.91 Å². The molecule has 1 amide bonds. The Morgan fingerprint density at radius 3 is 2.61 bits per heavy atom. The number of carbonyl (C=O) groups is 1. The number of nitriles is 1. The zero-order chi connectivity index (χ0) is 13.1. The van der Waals surface area contributed by atoms with Crippen molar-refractivity contribution in [1.82, 2.24) is 9.88 Å². The Bertz CT molecular complexity index is 503. The van der Waals surface area contributed by atoms with Crippen molar-refractivity contribution >= 4 is 27.7 Å². The van der Waals surface area contributed by atoms with E-state index >= 15 is 0 Å². The molecule has 2 rings (SSSR count). The minimum absolute atomic E-state index is 0.113. The third kappa shape index (κ3) is 2.62. The highest BCUT2D eigenvalue weighted by Gasteiger charge is 2.21. The first-order chi connectivity index (χ1) is 8.61. The van der Waals surface area contributed by atoms with Crippen LogP contribution in [0.15, 0.2) is 16.7 Å². The fourth-order valence-corrected chi connectivity index (χ4v) is 2.56. The molecule has 94 valence electrons. The smallest absolute Gasteiger partial charge is 0.219 e. The number of piperazine rings is 1. The third-order valence-electron chi connectivity index (χ3n) is 2.98. The van der Waals surface area contributed by atoms with Crippen LogP contribution in [-0.4, -0.2) is 42.0 Å². The number of aromatic nitrogens is 1. The van der Waals surface area contributed by atoms with Gasteiger partial charge in [0, 0.05) is 39.3 Å². The highest BCUT2D eigenvalue weighted by molar-refractivity contribution is 9.10. The molecule has 0 N–H and O–H groups in total. The van der Waals surface area contributed by atoms with E-state index in [1.165, 1.54) is 0 Å². The standard InChI is InChI=1S/C12H13BrN4O/c1-9(18)16-2-4-17(5-3-16)12-11(13)6-10(7-14)8-15-12/h6,8H,2-5H2,1H3. The molecule has 0 radical (unpaired) electrons. The van der Waals surface area contributed by atoms with Crippen molar-refractivity contribution in [1.29, 1.82) is 5.26 Å². The van der Waals surface area contributed by atoms with Crippen LogP contribution in [0.2, 0.25) is 0 Å². The van der Waals surface area contributed by atoms with E-state index < -0.39 is 0 Å². The van der Waals surface area contributed by atoms with Gasteiger partial charge in [0.25, 0.3) is 0 Å². The van der Waals surface area contributed by atoms with E-state index in [9.17, 15) is 4.79 Å². The first-order valence-corrected chi connectivity index (χ1v) is 6.47. The highest BCUT2D eigenvalue weighted by atomic mass is 79.9. The lowest BCUT2D eigenvalue weighted by Crippen LogP contribution is -2.48. The fraction of sp³-hybridized carbons (Fsp3) is 0.417. The summed E-state index contributed by atoms with van der Waals surface area (Å²) in [5.41, 5.74) is 0.535. The summed E-state index contributed by atoms with van der Waals surface area (Å²) >= 11 is 3.43. The second-order valence-electron chi connectivity index (χ2n) is 4.13. The number of pyridine rings is 1. The monoisotopic (exact) mass is 308 g/mol. The average molecular weight is 309 g/mol. The lowest BCUT2D eigenvalue weighted by atomic mass is 10.2. The van der Waals surface area contributed by atoms with Gasteiger partial charge in [0.1, 0.15) is 11.9 Å². The molecule has 1 saturated heterocycles. The van der Waals surface area contributed by atoms with Crippen LogP contribution in [0.3, 0.4) is 0 Å². The summed E-state index contributed by atoms with van der Waals surface area (Å²) in [6, 6.07) is 3.82. The van der Waals surface area contributed by atoms with E-state index in [1.54, 1.807) is 19.2 Å². The normalized spacial score (nSPS) is 15.4. The molecular weight excluding hydrogens is 296 g/mol. The van der Waals surface area contributed by atoms with Gasteiger partial charge in [-0.2, -0.15) is 5.26 Å². The molecule has 6 heteroatoms. The number of carbonyl (C=O) groups excluding carboxylic acids is 1. The highest BCUT2D eigenvalue weighted by Crippen LogP contribution is 2.25. The van der Waals surface area contributed by atoms with Gasteiger partial charge >= 0.3 is 0 Å². The van der Waals surface area contributed by atoms with Gasteiger partial charge in [-0.15, -0.1) is 0 Å². The first kappa shape index (κ1) is 12.8. The maximum atomic E-state index is 11.2. The lowest BCUT2D eigenvalue weighted by Gasteiger charge is -2.35. The molecule has 1 aromatic rings. The minimum Gasteiger partial charge on any atom is -0.352 e. The molecule has 0 spiro atoms. The molecule has 2 heterocycles. The topological polar surface area (TPSA) is 60.2 Å². The second-order valence-corrected chi connectivity index (χ2v) is 4.99. The van der Waals surface area contributed by atoms with Gasteiger partial charge in [-0.3, -0.25) is 4.79 Å². The quantitative estimate of drug-likeness (QED) is 0.786. The molecule has 0 atom stereocenters. The van der Waals surface area contributed by atoms with Crippen LogP contribution < -0.4 is 4.90 Å².